The molecule has 0 spiro atoms. The van der Waals surface area contributed by atoms with Gasteiger partial charge in [-0.3, -0.25) is 0 Å². The zero-order valence-corrected chi connectivity index (χ0v) is 11.7. The molecule has 0 amide bonds. The van der Waals surface area contributed by atoms with Gasteiger partial charge in [0.05, 0.1) is 11.4 Å². The zero-order valence-electron chi connectivity index (χ0n) is 11.7. The van der Waals surface area contributed by atoms with E-state index in [9.17, 15) is 0 Å². The first-order valence-electron chi connectivity index (χ1n) is 6.63. The zero-order chi connectivity index (χ0) is 14.0. The van der Waals surface area contributed by atoms with Crippen LogP contribution in [0, 0.1) is 5.41 Å². The molecule has 1 aliphatic rings. The molecule has 0 aliphatic carbocycles. The fraction of sp³-hybridized carbons (Fsp3) is 0.500. The summed E-state index contributed by atoms with van der Waals surface area (Å²) in [5.74, 6) is 0. The molecule has 1 aliphatic heterocycles. The van der Waals surface area contributed by atoms with Crippen LogP contribution < -0.4 is 16.4 Å². The number of nitrogens with two attached hydrogens (primary N) is 2. The molecule has 104 valence electrons. The Hall–Kier alpha value is -1.75. The summed E-state index contributed by atoms with van der Waals surface area (Å²) in [7, 11) is 4.26. The van der Waals surface area contributed by atoms with Gasteiger partial charge < -0.3 is 26.7 Å². The minimum Gasteiger partial charge on any atom is -0.398 e. The van der Waals surface area contributed by atoms with Gasteiger partial charge in [0.1, 0.15) is 0 Å². The van der Waals surface area contributed by atoms with Crippen molar-refractivity contribution in [2.75, 3.05) is 43.6 Å². The Kier molecular flexibility index (Phi) is 3.95. The van der Waals surface area contributed by atoms with Gasteiger partial charge in [-0.1, -0.05) is 0 Å². The van der Waals surface area contributed by atoms with Crippen molar-refractivity contribution in [1.29, 1.82) is 5.41 Å². The van der Waals surface area contributed by atoms with E-state index in [1.807, 2.05) is 6.07 Å². The van der Waals surface area contributed by atoms with Gasteiger partial charge in [-0.15, -0.1) is 0 Å². The number of rotatable bonds is 3. The monoisotopic (exact) mass is 261 g/mol. The van der Waals surface area contributed by atoms with Crippen molar-refractivity contribution in [3.05, 3.63) is 17.7 Å². The van der Waals surface area contributed by atoms with Gasteiger partial charge in [-0.2, -0.15) is 0 Å². The van der Waals surface area contributed by atoms with E-state index in [-0.39, 0.29) is 0 Å². The number of benzene rings is 1. The Morgan fingerprint density at radius 1 is 1.21 bits per heavy atom. The lowest BCUT2D eigenvalue weighted by Gasteiger charge is -2.37. The summed E-state index contributed by atoms with van der Waals surface area (Å²) in [6, 6.07) is 4.33. The van der Waals surface area contributed by atoms with Crippen LogP contribution in [0.4, 0.5) is 17.1 Å². The largest absolute Gasteiger partial charge is 0.398 e. The average Bonchev–Trinajstić information content (AvgIpc) is 2.41. The van der Waals surface area contributed by atoms with Crippen LogP contribution in [0.1, 0.15) is 18.4 Å². The third-order valence-corrected chi connectivity index (χ3v) is 3.92. The molecule has 5 N–H and O–H groups in total. The van der Waals surface area contributed by atoms with Gasteiger partial charge in [0.15, 0.2) is 0 Å². The summed E-state index contributed by atoms with van der Waals surface area (Å²) >= 11 is 0. The summed E-state index contributed by atoms with van der Waals surface area (Å²) < 4.78 is 0. The lowest BCUT2D eigenvalue weighted by molar-refractivity contribution is 0.250. The van der Waals surface area contributed by atoms with Crippen molar-refractivity contribution in [2.45, 2.75) is 18.9 Å². The lowest BCUT2D eigenvalue weighted by atomic mass is 10.0. The summed E-state index contributed by atoms with van der Waals surface area (Å²) in [6.45, 7) is 1.99. The van der Waals surface area contributed by atoms with Crippen molar-refractivity contribution in [2.24, 2.45) is 0 Å². The van der Waals surface area contributed by atoms with E-state index in [1.165, 1.54) is 6.21 Å². The normalized spacial score (nSPS) is 16.9. The number of nitrogen functional groups attached to an aromatic ring is 2. The first kappa shape index (κ1) is 13.7. The molecule has 0 radical (unpaired) electrons. The molecule has 0 atom stereocenters. The predicted molar refractivity (Wildman–Crippen MR) is 82.1 cm³/mol. The first-order chi connectivity index (χ1) is 9.02. The van der Waals surface area contributed by atoms with E-state index in [0.717, 1.165) is 31.6 Å². The highest BCUT2D eigenvalue weighted by Gasteiger charge is 2.22. The summed E-state index contributed by atoms with van der Waals surface area (Å²) in [5.41, 5.74) is 15.0. The van der Waals surface area contributed by atoms with E-state index in [2.05, 4.69) is 23.9 Å². The summed E-state index contributed by atoms with van der Waals surface area (Å²) in [5, 5.41) is 7.29. The van der Waals surface area contributed by atoms with Crippen LogP contribution in [-0.4, -0.2) is 44.3 Å². The van der Waals surface area contributed by atoms with Gasteiger partial charge >= 0.3 is 0 Å². The van der Waals surface area contributed by atoms with Crippen LogP contribution in [0.15, 0.2) is 12.1 Å². The van der Waals surface area contributed by atoms with E-state index in [4.69, 9.17) is 16.9 Å². The van der Waals surface area contributed by atoms with Gasteiger partial charge in [0, 0.05) is 36.6 Å². The molecular weight excluding hydrogens is 238 g/mol. The van der Waals surface area contributed by atoms with Crippen LogP contribution in [-0.2, 0) is 0 Å². The number of piperidine rings is 1. The molecule has 1 heterocycles. The predicted octanol–water partition coefficient (Wildman–Crippen LogP) is 1.38. The molecule has 1 aromatic rings. The quantitative estimate of drug-likeness (QED) is 0.567. The molecule has 2 rings (SSSR count). The third kappa shape index (κ3) is 2.81. The highest BCUT2D eigenvalue weighted by Crippen LogP contribution is 2.30. The fourth-order valence-corrected chi connectivity index (χ4v) is 2.66. The van der Waals surface area contributed by atoms with Crippen molar-refractivity contribution in [3.63, 3.8) is 0 Å². The second-order valence-corrected chi connectivity index (χ2v) is 5.37. The third-order valence-electron chi connectivity index (χ3n) is 3.92. The summed E-state index contributed by atoms with van der Waals surface area (Å²) in [4.78, 5) is 4.58. The molecule has 5 heteroatoms. The Balaban J connectivity index is 2.16. The minimum atomic E-state index is 0.619. The number of anilines is 3. The van der Waals surface area contributed by atoms with E-state index in [0.29, 0.717) is 23.0 Å². The second-order valence-electron chi connectivity index (χ2n) is 5.37. The molecule has 0 aromatic heterocycles. The Labute approximate surface area is 114 Å². The molecule has 0 unspecified atom stereocenters. The highest BCUT2D eigenvalue weighted by atomic mass is 15.2. The molecule has 5 nitrogen and oxygen atoms in total. The highest BCUT2D eigenvalue weighted by molar-refractivity contribution is 5.90. The van der Waals surface area contributed by atoms with Gasteiger partial charge in [0.25, 0.3) is 0 Å². The van der Waals surface area contributed by atoms with Gasteiger partial charge in [-0.25, -0.2) is 0 Å². The molecule has 1 aromatic carbocycles. The second kappa shape index (κ2) is 5.48. The van der Waals surface area contributed by atoms with Crippen LogP contribution in [0.25, 0.3) is 0 Å². The average molecular weight is 261 g/mol. The Bertz CT molecular complexity index is 461. The molecule has 1 fully saturated rings. The van der Waals surface area contributed by atoms with Gasteiger partial charge in [0.2, 0.25) is 0 Å². The minimum absolute atomic E-state index is 0.619. The van der Waals surface area contributed by atoms with Gasteiger partial charge in [-0.05, 0) is 39.1 Å². The summed E-state index contributed by atoms with van der Waals surface area (Å²) in [6.07, 6.45) is 3.52. The number of hydrogen-bond acceptors (Lipinski definition) is 5. The van der Waals surface area contributed by atoms with Crippen molar-refractivity contribution in [3.8, 4) is 0 Å². The van der Waals surface area contributed by atoms with Crippen LogP contribution >= 0.6 is 0 Å². The molecule has 0 bridgehead atoms. The van der Waals surface area contributed by atoms with Crippen LogP contribution in [0.3, 0.4) is 0 Å². The maximum atomic E-state index is 7.29. The maximum absolute atomic E-state index is 7.29. The Morgan fingerprint density at radius 2 is 1.84 bits per heavy atom. The molecular formula is C14H23N5. The first-order valence-corrected chi connectivity index (χ1v) is 6.63. The number of hydrogen-bond donors (Lipinski definition) is 3. The molecule has 19 heavy (non-hydrogen) atoms. The maximum Gasteiger partial charge on any atom is 0.0621 e. The van der Waals surface area contributed by atoms with E-state index in [1.54, 1.807) is 6.07 Å². The van der Waals surface area contributed by atoms with E-state index >= 15 is 0 Å². The number of nitrogens with one attached hydrogen (secondary N) is 1. The van der Waals surface area contributed by atoms with E-state index < -0.39 is 0 Å². The standard InChI is InChI=1S/C14H23N5/c1-18(2)11-3-5-19(6-4-11)14-8-12(16)10(9-15)7-13(14)17/h7-9,11,15H,3-6,16-17H2,1-2H3. The lowest BCUT2D eigenvalue weighted by Crippen LogP contribution is -2.42. The number of nitrogens with zero attached hydrogens (tertiary/aromatic N) is 2. The molecule has 0 saturated carbocycles. The van der Waals surface area contributed by atoms with Crippen LogP contribution in [0.2, 0.25) is 0 Å². The fourth-order valence-electron chi connectivity index (χ4n) is 2.66. The molecule has 1 saturated heterocycles. The Morgan fingerprint density at radius 3 is 2.37 bits per heavy atom. The topological polar surface area (TPSA) is 82.4 Å². The smallest absolute Gasteiger partial charge is 0.0621 e. The van der Waals surface area contributed by atoms with Crippen molar-refractivity contribution >= 4 is 23.3 Å². The van der Waals surface area contributed by atoms with Crippen LogP contribution in [0.5, 0.6) is 0 Å². The van der Waals surface area contributed by atoms with Crippen molar-refractivity contribution in [1.82, 2.24) is 4.90 Å². The SMILES string of the molecule is CN(C)C1CCN(c2cc(N)c(C=N)cc2N)CC1. The van der Waals surface area contributed by atoms with Crippen molar-refractivity contribution < 1.29 is 0 Å².